The van der Waals surface area contributed by atoms with E-state index < -0.39 is 12.1 Å². The third-order valence-electron chi connectivity index (χ3n) is 7.47. The Labute approximate surface area is 274 Å². The number of carbonyl (C=O) groups is 4. The van der Waals surface area contributed by atoms with Gasteiger partial charge < -0.3 is 20.9 Å². The molecule has 242 valence electrons. The van der Waals surface area contributed by atoms with Crippen LogP contribution >= 0.6 is 22.7 Å². The first kappa shape index (κ1) is 32.9. The van der Waals surface area contributed by atoms with Crippen LogP contribution in [0.3, 0.4) is 0 Å². The van der Waals surface area contributed by atoms with Crippen LogP contribution in [0.2, 0.25) is 0 Å². The van der Waals surface area contributed by atoms with Crippen LogP contribution in [-0.2, 0) is 22.6 Å². The predicted molar refractivity (Wildman–Crippen MR) is 173 cm³/mol. The lowest BCUT2D eigenvalue weighted by Crippen LogP contribution is -2.43. The Bertz CT molecular complexity index is 1620. The molecule has 1 aromatic carbocycles. The van der Waals surface area contributed by atoms with Crippen molar-refractivity contribution in [3.63, 3.8) is 0 Å². The monoisotopic (exact) mass is 663 g/mol. The number of carbonyl (C=O) groups excluding carboxylic acids is 4. The molecule has 1 aliphatic heterocycles. The van der Waals surface area contributed by atoms with Crippen LogP contribution in [0.5, 0.6) is 0 Å². The van der Waals surface area contributed by atoms with Crippen molar-refractivity contribution in [1.29, 1.82) is 0 Å². The summed E-state index contributed by atoms with van der Waals surface area (Å²) < 4.78 is 1.65. The van der Waals surface area contributed by atoms with Crippen molar-refractivity contribution in [3.8, 4) is 0 Å². The summed E-state index contributed by atoms with van der Waals surface area (Å²) in [5, 5.41) is 17.6. The van der Waals surface area contributed by atoms with E-state index in [1.807, 2.05) is 44.2 Å². The Morgan fingerprint density at radius 1 is 1.00 bits per heavy atom. The van der Waals surface area contributed by atoms with E-state index in [0.29, 0.717) is 42.4 Å². The quantitative estimate of drug-likeness (QED) is 0.272. The second kappa shape index (κ2) is 15.7. The van der Waals surface area contributed by atoms with Crippen molar-refractivity contribution < 1.29 is 19.2 Å². The van der Waals surface area contributed by atoms with Crippen LogP contribution < -0.4 is 16.0 Å². The van der Waals surface area contributed by atoms with E-state index in [4.69, 9.17) is 0 Å². The van der Waals surface area contributed by atoms with Gasteiger partial charge >= 0.3 is 0 Å². The van der Waals surface area contributed by atoms with Crippen LogP contribution in [0.15, 0.2) is 53.7 Å². The number of rotatable bonds is 7. The van der Waals surface area contributed by atoms with E-state index >= 15 is 0 Å². The maximum absolute atomic E-state index is 13.5. The zero-order valence-electron chi connectivity index (χ0n) is 25.7. The van der Waals surface area contributed by atoms with Gasteiger partial charge in [0.15, 0.2) is 0 Å². The molecule has 1 aliphatic rings. The first-order valence-electron chi connectivity index (χ1n) is 15.2. The highest BCUT2D eigenvalue weighted by Gasteiger charge is 2.27. The third kappa shape index (κ3) is 8.81. The number of amides is 4. The number of hydrogen-bond donors (Lipinski definition) is 3. The third-order valence-corrected chi connectivity index (χ3v) is 9.35. The number of benzene rings is 1. The fraction of sp³-hybridized carbons (Fsp3) is 0.419. The average Bonchev–Trinajstić information content (AvgIpc) is 3.83. The second-order valence-corrected chi connectivity index (χ2v) is 13.1. The van der Waals surface area contributed by atoms with Gasteiger partial charge in [-0.25, -0.2) is 15.0 Å². The standard InChI is InChI=1S/C31H37N9O4S2/c1-20(2)27-31-37-23(16-46-31)28(43)33-11-7-12-39(26(42)10-6-13-40-19-32-18-34-40)15-25(41)35-22(14-21-8-4-3-5-9-21)30-36-24(17-45-30)29(44)38-27/h3-5,8-9,16-20,22,27H,6-7,10-15H2,1-2H3,(H,33,43)(H,35,41)(H,38,44)/t22-,27-/m0/s1. The van der Waals surface area contributed by atoms with Crippen LogP contribution in [0, 0.1) is 5.92 Å². The van der Waals surface area contributed by atoms with Gasteiger partial charge in [0.1, 0.15) is 34.1 Å². The number of hydrogen-bond acceptors (Lipinski definition) is 10. The van der Waals surface area contributed by atoms with E-state index in [2.05, 4.69) is 36.0 Å². The van der Waals surface area contributed by atoms with Crippen molar-refractivity contribution in [2.75, 3.05) is 19.6 Å². The summed E-state index contributed by atoms with van der Waals surface area (Å²) in [6.45, 7) is 4.87. The lowest BCUT2D eigenvalue weighted by molar-refractivity contribution is -0.136. The summed E-state index contributed by atoms with van der Waals surface area (Å²) >= 11 is 2.61. The topological polar surface area (TPSA) is 164 Å². The molecular formula is C31H37N9O4S2. The number of nitrogens with zero attached hydrogens (tertiary/aromatic N) is 6. The highest BCUT2D eigenvalue weighted by atomic mass is 32.1. The van der Waals surface area contributed by atoms with Crippen LogP contribution in [-0.4, -0.2) is 72.9 Å². The van der Waals surface area contributed by atoms with Gasteiger partial charge in [-0.05, 0) is 30.7 Å². The van der Waals surface area contributed by atoms with E-state index in [9.17, 15) is 19.2 Å². The van der Waals surface area contributed by atoms with Crippen molar-refractivity contribution in [2.24, 2.45) is 5.92 Å². The maximum Gasteiger partial charge on any atom is 0.271 e. The molecule has 4 bridgehead atoms. The van der Waals surface area contributed by atoms with Crippen LogP contribution in [0.25, 0.3) is 0 Å². The molecule has 0 fully saturated rings. The minimum atomic E-state index is -0.519. The first-order valence-corrected chi connectivity index (χ1v) is 17.0. The molecule has 0 saturated heterocycles. The Kier molecular flexibility index (Phi) is 11.2. The van der Waals surface area contributed by atoms with Gasteiger partial charge in [0, 0.05) is 36.8 Å². The number of nitrogens with one attached hydrogen (secondary N) is 3. The molecule has 15 heteroatoms. The molecule has 13 nitrogen and oxygen atoms in total. The van der Waals surface area contributed by atoms with Gasteiger partial charge in [-0.3, -0.25) is 23.9 Å². The summed E-state index contributed by atoms with van der Waals surface area (Å²) in [7, 11) is 0. The summed E-state index contributed by atoms with van der Waals surface area (Å²) in [5.74, 6) is -1.23. The molecule has 0 aliphatic carbocycles. The van der Waals surface area contributed by atoms with Gasteiger partial charge in [-0.15, -0.1) is 22.7 Å². The van der Waals surface area contributed by atoms with E-state index in [1.54, 1.807) is 21.8 Å². The lowest BCUT2D eigenvalue weighted by Gasteiger charge is -2.24. The zero-order chi connectivity index (χ0) is 32.5. The van der Waals surface area contributed by atoms with E-state index in [-0.39, 0.29) is 60.4 Å². The highest BCUT2D eigenvalue weighted by Crippen LogP contribution is 2.27. The molecule has 0 spiro atoms. The summed E-state index contributed by atoms with van der Waals surface area (Å²) in [4.78, 5) is 67.7. The normalized spacial score (nSPS) is 18.2. The molecule has 2 atom stereocenters. The summed E-state index contributed by atoms with van der Waals surface area (Å²) in [6, 6.07) is 8.77. The summed E-state index contributed by atoms with van der Waals surface area (Å²) in [5.41, 5.74) is 1.48. The van der Waals surface area contributed by atoms with Crippen molar-refractivity contribution in [1.82, 2.24) is 45.6 Å². The van der Waals surface area contributed by atoms with Crippen molar-refractivity contribution in [2.45, 2.75) is 58.2 Å². The molecule has 0 unspecified atom stereocenters. The molecule has 4 amide bonds. The lowest BCUT2D eigenvalue weighted by atomic mass is 10.0. The maximum atomic E-state index is 13.5. The molecule has 3 aromatic heterocycles. The number of thiazole rings is 2. The van der Waals surface area contributed by atoms with E-state index in [1.165, 1.54) is 33.9 Å². The molecule has 4 aromatic rings. The van der Waals surface area contributed by atoms with Crippen LogP contribution in [0.1, 0.15) is 81.7 Å². The average molecular weight is 664 g/mol. The Morgan fingerprint density at radius 3 is 2.48 bits per heavy atom. The van der Waals surface area contributed by atoms with Gasteiger partial charge in [0.25, 0.3) is 11.8 Å². The molecule has 0 radical (unpaired) electrons. The van der Waals surface area contributed by atoms with Gasteiger partial charge in [0.2, 0.25) is 11.8 Å². The van der Waals surface area contributed by atoms with Gasteiger partial charge in [-0.2, -0.15) is 5.10 Å². The minimum Gasteiger partial charge on any atom is -0.351 e. The van der Waals surface area contributed by atoms with Crippen molar-refractivity contribution in [3.05, 3.63) is 80.7 Å². The number of aryl methyl sites for hydroxylation is 1. The molecule has 5 rings (SSSR count). The summed E-state index contributed by atoms with van der Waals surface area (Å²) in [6.07, 6.45) is 4.68. The number of fused-ring (bicyclic) bond motifs is 4. The first-order chi connectivity index (χ1) is 22.3. The van der Waals surface area contributed by atoms with Crippen molar-refractivity contribution >= 4 is 46.3 Å². The number of aromatic nitrogens is 5. The largest absolute Gasteiger partial charge is 0.351 e. The van der Waals surface area contributed by atoms with Gasteiger partial charge in [-0.1, -0.05) is 44.2 Å². The second-order valence-electron chi connectivity index (χ2n) is 11.3. The Morgan fingerprint density at radius 2 is 1.74 bits per heavy atom. The fourth-order valence-electron chi connectivity index (χ4n) is 5.03. The SMILES string of the molecule is CC(C)[C@@H]1NC(=O)c2csc(n2)[C@H](Cc2ccccc2)NC(=O)CN(C(=O)CCCn2cncn2)CCCNC(=O)c2csc1n2. The molecule has 0 saturated carbocycles. The molecule has 3 N–H and O–H groups in total. The highest BCUT2D eigenvalue weighted by molar-refractivity contribution is 7.10. The Balaban J connectivity index is 1.40. The molecular weight excluding hydrogens is 627 g/mol. The zero-order valence-corrected chi connectivity index (χ0v) is 27.4. The smallest absolute Gasteiger partial charge is 0.271 e. The predicted octanol–water partition coefficient (Wildman–Crippen LogP) is 3.16. The minimum absolute atomic E-state index is 0.00285. The van der Waals surface area contributed by atoms with Gasteiger partial charge in [0.05, 0.1) is 18.6 Å². The molecule has 46 heavy (non-hydrogen) atoms. The fourth-order valence-corrected chi connectivity index (χ4v) is 6.90. The molecule has 4 heterocycles. The van der Waals surface area contributed by atoms with E-state index in [0.717, 1.165) is 5.56 Å². The Hall–Kier alpha value is -4.50. The van der Waals surface area contributed by atoms with Crippen LogP contribution in [0.4, 0.5) is 0 Å².